The minimum atomic E-state index is -0.882. The van der Waals surface area contributed by atoms with E-state index in [2.05, 4.69) is 15.5 Å². The quantitative estimate of drug-likeness (QED) is 0.753. The lowest BCUT2D eigenvalue weighted by Gasteiger charge is -2.26. The molecule has 1 aliphatic heterocycles. The number of benzene rings is 2. The van der Waals surface area contributed by atoms with Gasteiger partial charge in [-0.25, -0.2) is 8.78 Å². The van der Waals surface area contributed by atoms with E-state index < -0.39 is 11.6 Å². The molecule has 0 bridgehead atoms. The lowest BCUT2D eigenvalue weighted by molar-refractivity contribution is 0.0927. The first kappa shape index (κ1) is 18.2. The van der Waals surface area contributed by atoms with Gasteiger partial charge in [-0.2, -0.15) is 0 Å². The van der Waals surface area contributed by atoms with Crippen LogP contribution in [-0.2, 0) is 0 Å². The Labute approximate surface area is 160 Å². The number of nitrogens with one attached hydrogen (secondary N) is 1. The van der Waals surface area contributed by atoms with Crippen molar-refractivity contribution in [3.63, 3.8) is 0 Å². The molecule has 0 unspecified atom stereocenters. The van der Waals surface area contributed by atoms with Crippen molar-refractivity contribution in [2.24, 2.45) is 0 Å². The maximum Gasteiger partial charge on any atom is 0.251 e. The monoisotopic (exact) mass is 383 g/mol. The number of carbonyl (C=O) groups is 1. The Kier molecular flexibility index (Phi) is 4.87. The van der Waals surface area contributed by atoms with E-state index in [1.165, 1.54) is 6.07 Å². The zero-order valence-electron chi connectivity index (χ0n) is 15.2. The van der Waals surface area contributed by atoms with Gasteiger partial charge < -0.3 is 5.32 Å². The third-order valence-corrected chi connectivity index (χ3v) is 5.10. The van der Waals surface area contributed by atoms with Crippen molar-refractivity contribution in [3.05, 3.63) is 77.9 Å². The highest BCUT2D eigenvalue weighted by Gasteiger charge is 2.34. The molecule has 1 N–H and O–H groups in total. The molecule has 3 aromatic rings. The van der Waals surface area contributed by atoms with Crippen molar-refractivity contribution < 1.29 is 13.6 Å². The highest BCUT2D eigenvalue weighted by molar-refractivity contribution is 5.94. The van der Waals surface area contributed by atoms with Gasteiger partial charge in [-0.05, 0) is 55.4 Å². The van der Waals surface area contributed by atoms with E-state index in [1.807, 2.05) is 24.1 Å². The molecular weight excluding hydrogens is 364 g/mol. The molecular formula is C20H19F2N5O. The number of rotatable bonds is 4. The van der Waals surface area contributed by atoms with Gasteiger partial charge >= 0.3 is 0 Å². The van der Waals surface area contributed by atoms with Gasteiger partial charge in [0, 0.05) is 17.8 Å². The van der Waals surface area contributed by atoms with E-state index in [9.17, 15) is 13.6 Å². The molecule has 1 aliphatic rings. The predicted octanol–water partition coefficient (Wildman–Crippen LogP) is 2.72. The normalized spacial score (nSPS) is 19.7. The van der Waals surface area contributed by atoms with Gasteiger partial charge in [-0.3, -0.25) is 14.3 Å². The Morgan fingerprint density at radius 2 is 1.79 bits per heavy atom. The molecule has 4 rings (SSSR count). The fourth-order valence-electron chi connectivity index (χ4n) is 3.65. The maximum absolute atomic E-state index is 13.7. The molecule has 2 heterocycles. The smallest absolute Gasteiger partial charge is 0.251 e. The fourth-order valence-corrected chi connectivity index (χ4v) is 3.65. The molecule has 1 aromatic heterocycles. The molecule has 1 saturated heterocycles. The molecule has 6 nitrogen and oxygen atoms in total. The average Bonchev–Trinajstić information content (AvgIpc) is 3.35. The predicted molar refractivity (Wildman–Crippen MR) is 99.0 cm³/mol. The van der Waals surface area contributed by atoms with Crippen LogP contribution in [0.15, 0.2) is 55.1 Å². The van der Waals surface area contributed by atoms with Crippen LogP contribution in [-0.4, -0.2) is 45.2 Å². The van der Waals surface area contributed by atoms with E-state index in [4.69, 9.17) is 0 Å². The SMILES string of the molecule is CN1CC[C@@H](NC(=O)c2ccc(-n3cnnc3)cc2)[C@H]1c1ccc(F)c(F)c1. The van der Waals surface area contributed by atoms with Crippen molar-refractivity contribution in [1.82, 2.24) is 25.0 Å². The van der Waals surface area contributed by atoms with Gasteiger partial charge in [0.25, 0.3) is 5.91 Å². The Morgan fingerprint density at radius 3 is 2.46 bits per heavy atom. The van der Waals surface area contributed by atoms with Crippen LogP contribution in [0.4, 0.5) is 8.78 Å². The summed E-state index contributed by atoms with van der Waals surface area (Å²) < 4.78 is 28.7. The molecule has 0 radical (unpaired) electrons. The maximum atomic E-state index is 13.7. The Morgan fingerprint density at radius 1 is 1.07 bits per heavy atom. The minimum absolute atomic E-state index is 0.195. The van der Waals surface area contributed by atoms with E-state index in [1.54, 1.807) is 35.4 Å². The van der Waals surface area contributed by atoms with Crippen molar-refractivity contribution >= 4 is 5.91 Å². The second-order valence-corrected chi connectivity index (χ2v) is 6.88. The Balaban J connectivity index is 1.50. The Bertz CT molecular complexity index is 975. The number of amides is 1. The topological polar surface area (TPSA) is 63.1 Å². The van der Waals surface area contributed by atoms with Crippen LogP contribution < -0.4 is 5.32 Å². The molecule has 2 atom stereocenters. The third kappa shape index (κ3) is 3.50. The minimum Gasteiger partial charge on any atom is -0.347 e. The molecule has 28 heavy (non-hydrogen) atoms. The summed E-state index contributed by atoms with van der Waals surface area (Å²) in [6.45, 7) is 0.751. The number of likely N-dealkylation sites (tertiary alicyclic amines) is 1. The van der Waals surface area contributed by atoms with Gasteiger partial charge in [0.05, 0.1) is 12.1 Å². The molecule has 0 saturated carbocycles. The van der Waals surface area contributed by atoms with E-state index in [-0.39, 0.29) is 18.0 Å². The summed E-state index contributed by atoms with van der Waals surface area (Å²) in [6.07, 6.45) is 3.89. The Hall–Kier alpha value is -3.13. The van der Waals surface area contributed by atoms with Crippen LogP contribution in [0.3, 0.4) is 0 Å². The van der Waals surface area contributed by atoms with Crippen LogP contribution in [0, 0.1) is 11.6 Å². The summed E-state index contributed by atoms with van der Waals surface area (Å²) in [5.41, 5.74) is 2.02. The average molecular weight is 383 g/mol. The van der Waals surface area contributed by atoms with Crippen molar-refractivity contribution in [2.45, 2.75) is 18.5 Å². The zero-order chi connectivity index (χ0) is 19.7. The van der Waals surface area contributed by atoms with E-state index in [0.29, 0.717) is 11.1 Å². The van der Waals surface area contributed by atoms with Crippen LogP contribution in [0.25, 0.3) is 5.69 Å². The number of hydrogen-bond acceptors (Lipinski definition) is 4. The summed E-state index contributed by atoms with van der Waals surface area (Å²) in [7, 11) is 1.91. The molecule has 1 fully saturated rings. The third-order valence-electron chi connectivity index (χ3n) is 5.10. The number of nitrogens with zero attached hydrogens (tertiary/aromatic N) is 4. The first-order valence-corrected chi connectivity index (χ1v) is 8.94. The second kappa shape index (κ2) is 7.47. The van der Waals surface area contributed by atoms with Crippen LogP contribution >= 0.6 is 0 Å². The van der Waals surface area contributed by atoms with Crippen molar-refractivity contribution in [3.8, 4) is 5.69 Å². The summed E-state index contributed by atoms with van der Waals surface area (Å²) in [6, 6.07) is 10.6. The van der Waals surface area contributed by atoms with Crippen LogP contribution in [0.2, 0.25) is 0 Å². The highest BCUT2D eigenvalue weighted by Crippen LogP contribution is 2.32. The number of carbonyl (C=O) groups excluding carboxylic acids is 1. The fraction of sp³-hybridized carbons (Fsp3) is 0.250. The van der Waals surface area contributed by atoms with Crippen LogP contribution in [0.5, 0.6) is 0 Å². The first-order valence-electron chi connectivity index (χ1n) is 8.94. The van der Waals surface area contributed by atoms with Gasteiger partial charge in [0.1, 0.15) is 12.7 Å². The number of likely N-dealkylation sites (N-methyl/N-ethyl adjacent to an activating group) is 1. The summed E-state index contributed by atoms with van der Waals surface area (Å²) in [5.74, 6) is -1.96. The van der Waals surface area contributed by atoms with Crippen molar-refractivity contribution in [1.29, 1.82) is 0 Å². The number of hydrogen-bond donors (Lipinski definition) is 1. The molecule has 144 valence electrons. The van der Waals surface area contributed by atoms with Gasteiger partial charge in [0.2, 0.25) is 0 Å². The number of aromatic nitrogens is 3. The summed E-state index contributed by atoms with van der Waals surface area (Å²) in [5, 5.41) is 10.6. The largest absolute Gasteiger partial charge is 0.347 e. The lowest BCUT2D eigenvalue weighted by atomic mass is 9.99. The molecule has 2 aromatic carbocycles. The van der Waals surface area contributed by atoms with Gasteiger partial charge in [0.15, 0.2) is 11.6 Å². The lowest BCUT2D eigenvalue weighted by Crippen LogP contribution is -2.39. The zero-order valence-corrected chi connectivity index (χ0v) is 15.2. The number of halogens is 2. The van der Waals surface area contributed by atoms with Crippen LogP contribution in [0.1, 0.15) is 28.4 Å². The first-order chi connectivity index (χ1) is 13.5. The van der Waals surface area contributed by atoms with E-state index >= 15 is 0 Å². The van der Waals surface area contributed by atoms with E-state index in [0.717, 1.165) is 24.7 Å². The second-order valence-electron chi connectivity index (χ2n) is 6.88. The van der Waals surface area contributed by atoms with Gasteiger partial charge in [-0.15, -0.1) is 10.2 Å². The molecule has 0 spiro atoms. The summed E-state index contributed by atoms with van der Waals surface area (Å²) in [4.78, 5) is 14.7. The standard InChI is InChI=1S/C20H19F2N5O/c1-26-9-8-18(19(26)14-4-7-16(21)17(22)10-14)25-20(28)13-2-5-15(6-3-13)27-11-23-24-12-27/h2-7,10-12,18-19H,8-9H2,1H3,(H,25,28)/t18-,19-/m1/s1. The molecule has 0 aliphatic carbocycles. The van der Waals surface area contributed by atoms with Crippen molar-refractivity contribution in [2.75, 3.05) is 13.6 Å². The van der Waals surface area contributed by atoms with Gasteiger partial charge in [-0.1, -0.05) is 6.07 Å². The summed E-state index contributed by atoms with van der Waals surface area (Å²) >= 11 is 0. The molecule has 8 heteroatoms. The molecule has 1 amide bonds. The highest BCUT2D eigenvalue weighted by atomic mass is 19.2.